The van der Waals surface area contributed by atoms with Gasteiger partial charge in [0.05, 0.1) is 19.3 Å². The van der Waals surface area contributed by atoms with Gasteiger partial charge >= 0.3 is 0 Å². The maximum absolute atomic E-state index is 15.8. The lowest BCUT2D eigenvalue weighted by atomic mass is 9.73. The van der Waals surface area contributed by atoms with E-state index in [1.165, 1.54) is 19.4 Å². The van der Waals surface area contributed by atoms with Gasteiger partial charge in [-0.05, 0) is 69.2 Å². The van der Waals surface area contributed by atoms with Crippen molar-refractivity contribution in [2.45, 2.75) is 75.3 Å². The van der Waals surface area contributed by atoms with E-state index < -0.39 is 17.7 Å². The Morgan fingerprint density at radius 1 is 1.11 bits per heavy atom. The second kappa shape index (κ2) is 9.16. The first kappa shape index (κ1) is 24.0. The van der Waals surface area contributed by atoms with Crippen molar-refractivity contribution in [3.8, 4) is 33.9 Å². The number of halogens is 2. The van der Waals surface area contributed by atoms with Gasteiger partial charge in [-0.25, -0.2) is 14.4 Å². The van der Waals surface area contributed by atoms with E-state index in [-0.39, 0.29) is 23.6 Å². The van der Waals surface area contributed by atoms with Crippen LogP contribution in [0.1, 0.15) is 45.4 Å². The van der Waals surface area contributed by atoms with Gasteiger partial charge in [0.2, 0.25) is 5.95 Å². The molecule has 10 heteroatoms. The molecule has 1 aromatic carbocycles. The molecule has 2 bridgehead atoms. The zero-order chi connectivity index (χ0) is 25.7. The van der Waals surface area contributed by atoms with Crippen LogP contribution in [0.25, 0.3) is 22.4 Å². The molecule has 2 N–H and O–H groups in total. The largest absolute Gasteiger partial charge is 0.507 e. The molecular formula is C27H30F2N6O2. The Morgan fingerprint density at radius 2 is 1.95 bits per heavy atom. The number of fused-ring (bicyclic) bond motifs is 2. The van der Waals surface area contributed by atoms with Crippen molar-refractivity contribution in [2.24, 2.45) is 0 Å². The Balaban J connectivity index is 1.26. The van der Waals surface area contributed by atoms with Gasteiger partial charge in [-0.2, -0.15) is 4.39 Å². The minimum absolute atomic E-state index is 0.0217. The van der Waals surface area contributed by atoms with Gasteiger partial charge in [-0.15, -0.1) is 10.2 Å². The summed E-state index contributed by atoms with van der Waals surface area (Å²) >= 11 is 0. The molecule has 3 fully saturated rings. The van der Waals surface area contributed by atoms with E-state index in [0.29, 0.717) is 34.4 Å². The SMILES string of the molecule is COc1cc(-c2ccc(-c3cnc(N(C4CC4)[C@@H]4C[C@@H]5CCC[C@](C)(N5)[C@@H]4F)nn3)c(O)c2)cnc1F. The lowest BCUT2D eigenvalue weighted by Crippen LogP contribution is -2.69. The molecule has 8 nitrogen and oxygen atoms in total. The quantitative estimate of drug-likeness (QED) is 0.472. The van der Waals surface area contributed by atoms with Gasteiger partial charge in [0, 0.05) is 34.9 Å². The number of piperidine rings is 2. The van der Waals surface area contributed by atoms with Crippen LogP contribution < -0.4 is 15.0 Å². The summed E-state index contributed by atoms with van der Waals surface area (Å²) in [6.07, 6.45) is 7.58. The first-order valence-electron chi connectivity index (χ1n) is 12.8. The molecule has 0 amide bonds. The summed E-state index contributed by atoms with van der Waals surface area (Å²) in [7, 11) is 1.37. The van der Waals surface area contributed by atoms with Crippen LogP contribution in [-0.4, -0.2) is 62.2 Å². The number of anilines is 1. The minimum Gasteiger partial charge on any atom is -0.507 e. The van der Waals surface area contributed by atoms with Crippen LogP contribution in [0.3, 0.4) is 0 Å². The van der Waals surface area contributed by atoms with Gasteiger partial charge in [-0.3, -0.25) is 0 Å². The molecule has 4 atom stereocenters. The van der Waals surface area contributed by atoms with Crippen molar-refractivity contribution in [3.63, 3.8) is 0 Å². The first-order valence-corrected chi connectivity index (χ1v) is 12.8. The molecule has 2 aromatic heterocycles. The number of pyridine rings is 1. The van der Waals surface area contributed by atoms with Crippen LogP contribution in [0, 0.1) is 5.95 Å². The van der Waals surface area contributed by atoms with E-state index in [4.69, 9.17) is 4.74 Å². The molecule has 3 aromatic rings. The summed E-state index contributed by atoms with van der Waals surface area (Å²) in [4.78, 5) is 10.3. The topological polar surface area (TPSA) is 96.3 Å². The predicted molar refractivity (Wildman–Crippen MR) is 135 cm³/mol. The molecule has 2 aliphatic heterocycles. The third-order valence-corrected chi connectivity index (χ3v) is 7.97. The van der Waals surface area contributed by atoms with Gasteiger partial charge < -0.3 is 20.1 Å². The third-order valence-electron chi connectivity index (χ3n) is 7.97. The second-order valence-electron chi connectivity index (χ2n) is 10.6. The molecule has 3 aliphatic rings. The van der Waals surface area contributed by atoms with E-state index in [1.807, 2.05) is 6.92 Å². The summed E-state index contributed by atoms with van der Waals surface area (Å²) in [5.41, 5.74) is 1.58. The maximum atomic E-state index is 15.8. The van der Waals surface area contributed by atoms with Crippen molar-refractivity contribution in [3.05, 3.63) is 42.6 Å². The highest BCUT2D eigenvalue weighted by Gasteiger charge is 2.52. The molecule has 4 heterocycles. The fourth-order valence-corrected chi connectivity index (χ4v) is 5.91. The number of nitrogens with zero attached hydrogens (tertiary/aromatic N) is 5. The van der Waals surface area contributed by atoms with Crippen molar-refractivity contribution < 1.29 is 18.6 Å². The van der Waals surface area contributed by atoms with Gasteiger partial charge in [0.15, 0.2) is 5.75 Å². The summed E-state index contributed by atoms with van der Waals surface area (Å²) < 4.78 is 34.5. The van der Waals surface area contributed by atoms with E-state index in [2.05, 4.69) is 30.4 Å². The Labute approximate surface area is 214 Å². The van der Waals surface area contributed by atoms with Gasteiger partial charge in [-0.1, -0.05) is 6.07 Å². The number of hydrogen-bond acceptors (Lipinski definition) is 8. The predicted octanol–water partition coefficient (Wildman–Crippen LogP) is 4.43. The summed E-state index contributed by atoms with van der Waals surface area (Å²) in [6.45, 7) is 1.99. The number of rotatable bonds is 6. The van der Waals surface area contributed by atoms with Crippen LogP contribution in [0.2, 0.25) is 0 Å². The van der Waals surface area contributed by atoms with Gasteiger partial charge in [0.1, 0.15) is 17.6 Å². The summed E-state index contributed by atoms with van der Waals surface area (Å²) in [5.74, 6) is -0.266. The zero-order valence-electron chi connectivity index (χ0n) is 20.9. The number of alkyl halides is 1. The van der Waals surface area contributed by atoms with E-state index >= 15 is 4.39 Å². The fraction of sp³-hybridized carbons (Fsp3) is 0.481. The number of ether oxygens (including phenoxy) is 1. The lowest BCUT2D eigenvalue weighted by Gasteiger charge is -2.52. The Kier molecular flexibility index (Phi) is 5.94. The molecule has 0 spiro atoms. The van der Waals surface area contributed by atoms with Crippen molar-refractivity contribution >= 4 is 5.95 Å². The average Bonchev–Trinajstić information content (AvgIpc) is 3.73. The minimum atomic E-state index is -1.02. The van der Waals surface area contributed by atoms with Crippen LogP contribution >= 0.6 is 0 Å². The smallest absolute Gasteiger partial charge is 0.255 e. The molecule has 0 radical (unpaired) electrons. The molecule has 1 saturated carbocycles. The first-order chi connectivity index (χ1) is 17.9. The van der Waals surface area contributed by atoms with Gasteiger partial charge in [0.25, 0.3) is 5.95 Å². The number of aromatic nitrogens is 4. The van der Waals surface area contributed by atoms with E-state index in [0.717, 1.165) is 38.5 Å². The number of phenolic OH excluding ortho intramolecular Hbond substituents is 1. The molecule has 1 aliphatic carbocycles. The van der Waals surface area contributed by atoms with Crippen molar-refractivity contribution in [1.29, 1.82) is 0 Å². The zero-order valence-corrected chi connectivity index (χ0v) is 20.9. The lowest BCUT2D eigenvalue weighted by molar-refractivity contribution is 0.0383. The van der Waals surface area contributed by atoms with Crippen molar-refractivity contribution in [2.75, 3.05) is 12.0 Å². The number of benzene rings is 1. The van der Waals surface area contributed by atoms with E-state index in [1.54, 1.807) is 24.4 Å². The average molecular weight is 509 g/mol. The number of phenols is 1. The Bertz CT molecular complexity index is 1300. The van der Waals surface area contributed by atoms with Crippen LogP contribution in [0.4, 0.5) is 14.7 Å². The molecule has 37 heavy (non-hydrogen) atoms. The van der Waals surface area contributed by atoms with Crippen LogP contribution in [0.5, 0.6) is 11.5 Å². The highest BCUT2D eigenvalue weighted by atomic mass is 19.1. The van der Waals surface area contributed by atoms with Crippen LogP contribution in [0.15, 0.2) is 36.7 Å². The van der Waals surface area contributed by atoms with Crippen LogP contribution in [-0.2, 0) is 0 Å². The third kappa shape index (κ3) is 4.37. The number of nitrogens with one attached hydrogen (secondary N) is 1. The monoisotopic (exact) mass is 508 g/mol. The Morgan fingerprint density at radius 3 is 2.65 bits per heavy atom. The number of hydrogen-bond donors (Lipinski definition) is 2. The highest BCUT2D eigenvalue weighted by Crippen LogP contribution is 2.42. The molecular weight excluding hydrogens is 478 g/mol. The molecule has 194 valence electrons. The molecule has 2 saturated heterocycles. The van der Waals surface area contributed by atoms with Crippen molar-refractivity contribution in [1.82, 2.24) is 25.5 Å². The maximum Gasteiger partial charge on any atom is 0.255 e. The number of aromatic hydroxyl groups is 1. The summed E-state index contributed by atoms with van der Waals surface area (Å²) in [5, 5.41) is 23.0. The molecule has 0 unspecified atom stereocenters. The molecule has 6 rings (SSSR count). The highest BCUT2D eigenvalue weighted by molar-refractivity contribution is 5.74. The normalized spacial score (nSPS) is 27.1. The standard InChI is InChI=1S/C27H30F2N6O2/c1-27-9-3-4-17(32-27)12-21(24(27)28)35(18-6-7-18)26-31-14-20(33-34-26)19-8-5-15(10-22(19)36)16-11-23(37-2)25(29)30-13-16/h5,8,10-11,13-14,17-18,21,24,32,36H,3-4,6-7,9,12H2,1-2H3/t17-,21+,24+,27-/m0/s1. The fourth-order valence-electron chi connectivity index (χ4n) is 5.91. The van der Waals surface area contributed by atoms with E-state index in [9.17, 15) is 9.50 Å². The second-order valence-corrected chi connectivity index (χ2v) is 10.6. The number of methoxy groups -OCH3 is 1. The summed E-state index contributed by atoms with van der Waals surface area (Å²) in [6, 6.07) is 6.80. The Hall–Kier alpha value is -3.40.